The number of halogens is 3. The van der Waals surface area contributed by atoms with Crippen LogP contribution in [0.25, 0.3) is 0 Å². The van der Waals surface area contributed by atoms with Gasteiger partial charge in [0, 0.05) is 14.1 Å². The number of aromatic nitrogens is 4. The number of carbonyl (C=O) groups excluding carboxylic acids is 1. The standard InChI is InChI=1S/C12H12Cl3N7O2/c1-22(2)12-19-4(18-11(17)21-12)3-24-10(23)8-5(13)7(16)6(14)9(15)20-8/h3H2,1-2H3,(H2,16,20)(H2,17,18,19,21). The zero-order chi connectivity index (χ0) is 18.0. The molecule has 128 valence electrons. The van der Waals surface area contributed by atoms with Gasteiger partial charge in [0.2, 0.25) is 11.9 Å². The zero-order valence-corrected chi connectivity index (χ0v) is 14.8. The quantitative estimate of drug-likeness (QED) is 0.590. The molecular weight excluding hydrogens is 381 g/mol. The van der Waals surface area contributed by atoms with E-state index in [1.165, 1.54) is 0 Å². The number of carbonyl (C=O) groups is 1. The van der Waals surface area contributed by atoms with Crippen molar-refractivity contribution in [3.05, 3.63) is 26.7 Å². The van der Waals surface area contributed by atoms with Gasteiger partial charge in [0.25, 0.3) is 0 Å². The number of ether oxygens (including phenoxy) is 1. The third kappa shape index (κ3) is 3.86. The second-order valence-corrected chi connectivity index (χ2v) is 5.79. The van der Waals surface area contributed by atoms with Crippen molar-refractivity contribution in [2.24, 2.45) is 0 Å². The van der Waals surface area contributed by atoms with E-state index in [1.54, 1.807) is 19.0 Å². The highest BCUT2D eigenvalue weighted by atomic mass is 35.5. The first kappa shape index (κ1) is 18.2. The van der Waals surface area contributed by atoms with Crippen molar-refractivity contribution in [3.8, 4) is 0 Å². The van der Waals surface area contributed by atoms with E-state index in [0.29, 0.717) is 5.95 Å². The Labute approximate surface area is 151 Å². The Bertz CT molecular complexity index is 801. The maximum absolute atomic E-state index is 12.1. The number of hydrogen-bond acceptors (Lipinski definition) is 9. The van der Waals surface area contributed by atoms with Gasteiger partial charge in [-0.1, -0.05) is 34.8 Å². The van der Waals surface area contributed by atoms with Gasteiger partial charge in [0.15, 0.2) is 23.3 Å². The molecule has 0 aromatic carbocycles. The Balaban J connectivity index is 2.20. The van der Waals surface area contributed by atoms with E-state index in [-0.39, 0.29) is 45.0 Å². The number of rotatable bonds is 4. The van der Waals surface area contributed by atoms with Crippen LogP contribution in [0.5, 0.6) is 0 Å². The molecule has 0 amide bonds. The van der Waals surface area contributed by atoms with Crippen LogP contribution in [0.4, 0.5) is 17.6 Å². The Kier molecular flexibility index (Phi) is 5.47. The lowest BCUT2D eigenvalue weighted by Crippen LogP contribution is -2.17. The molecule has 0 saturated carbocycles. The van der Waals surface area contributed by atoms with Crippen LogP contribution in [0.3, 0.4) is 0 Å². The van der Waals surface area contributed by atoms with Gasteiger partial charge >= 0.3 is 5.97 Å². The fourth-order valence-electron chi connectivity index (χ4n) is 1.55. The zero-order valence-electron chi connectivity index (χ0n) is 12.5. The van der Waals surface area contributed by atoms with Crippen molar-refractivity contribution >= 4 is 58.4 Å². The molecule has 12 heteroatoms. The SMILES string of the molecule is CN(C)c1nc(N)nc(COC(=O)c2nc(Cl)c(Cl)c(N)c2Cl)n1. The lowest BCUT2D eigenvalue weighted by Gasteiger charge is -2.12. The third-order valence-electron chi connectivity index (χ3n) is 2.68. The summed E-state index contributed by atoms with van der Waals surface area (Å²) in [5.41, 5.74) is 10.9. The van der Waals surface area contributed by atoms with E-state index in [4.69, 9.17) is 51.0 Å². The molecule has 2 rings (SSSR count). The summed E-state index contributed by atoms with van der Waals surface area (Å²) in [6, 6.07) is 0. The van der Waals surface area contributed by atoms with Crippen LogP contribution in [0.15, 0.2) is 0 Å². The molecule has 0 bridgehead atoms. The number of pyridine rings is 1. The van der Waals surface area contributed by atoms with Crippen LogP contribution in [-0.2, 0) is 11.3 Å². The summed E-state index contributed by atoms with van der Waals surface area (Å²) in [4.78, 5) is 29.4. The van der Waals surface area contributed by atoms with Gasteiger partial charge in [-0.15, -0.1) is 0 Å². The number of nitrogens with zero attached hydrogens (tertiary/aromatic N) is 5. The van der Waals surface area contributed by atoms with Crippen LogP contribution in [-0.4, -0.2) is 40.0 Å². The number of nitrogens with two attached hydrogens (primary N) is 2. The largest absolute Gasteiger partial charge is 0.453 e. The van der Waals surface area contributed by atoms with Crippen LogP contribution in [0.2, 0.25) is 15.2 Å². The molecule has 0 unspecified atom stereocenters. The molecule has 2 aromatic heterocycles. The van der Waals surface area contributed by atoms with Crippen LogP contribution >= 0.6 is 34.8 Å². The Morgan fingerprint density at radius 1 is 1.08 bits per heavy atom. The predicted molar refractivity (Wildman–Crippen MR) is 91.4 cm³/mol. The molecule has 24 heavy (non-hydrogen) atoms. The van der Waals surface area contributed by atoms with Gasteiger partial charge in [-0.3, -0.25) is 0 Å². The lowest BCUT2D eigenvalue weighted by molar-refractivity contribution is 0.0455. The lowest BCUT2D eigenvalue weighted by atomic mass is 10.3. The summed E-state index contributed by atoms with van der Waals surface area (Å²) < 4.78 is 5.06. The maximum Gasteiger partial charge on any atom is 0.359 e. The predicted octanol–water partition coefficient (Wildman–Crippen LogP) is 1.81. The Morgan fingerprint density at radius 3 is 2.38 bits per heavy atom. The summed E-state index contributed by atoms with van der Waals surface area (Å²) in [6.07, 6.45) is 0. The minimum Gasteiger partial charge on any atom is -0.453 e. The molecule has 0 aliphatic rings. The highest BCUT2D eigenvalue weighted by Crippen LogP contribution is 2.34. The maximum atomic E-state index is 12.1. The first-order valence-corrected chi connectivity index (χ1v) is 7.49. The van der Waals surface area contributed by atoms with Crippen molar-refractivity contribution in [1.29, 1.82) is 0 Å². The van der Waals surface area contributed by atoms with E-state index in [2.05, 4.69) is 19.9 Å². The third-order valence-corrected chi connectivity index (χ3v) is 3.82. The highest BCUT2D eigenvalue weighted by molar-refractivity contribution is 6.46. The first-order chi connectivity index (χ1) is 11.2. The molecule has 0 spiro atoms. The van der Waals surface area contributed by atoms with Crippen molar-refractivity contribution in [2.75, 3.05) is 30.5 Å². The molecule has 2 heterocycles. The summed E-state index contributed by atoms with van der Waals surface area (Å²) in [5.74, 6) is -0.391. The molecular formula is C12H12Cl3N7O2. The molecule has 0 aliphatic carbocycles. The summed E-state index contributed by atoms with van der Waals surface area (Å²) >= 11 is 17.5. The number of anilines is 3. The van der Waals surface area contributed by atoms with Crippen molar-refractivity contribution in [2.45, 2.75) is 6.61 Å². The van der Waals surface area contributed by atoms with E-state index in [1.807, 2.05) is 0 Å². The van der Waals surface area contributed by atoms with Crippen LogP contribution in [0.1, 0.15) is 16.3 Å². The van der Waals surface area contributed by atoms with Gasteiger partial charge in [-0.25, -0.2) is 9.78 Å². The average Bonchev–Trinajstić information content (AvgIpc) is 2.53. The smallest absolute Gasteiger partial charge is 0.359 e. The van der Waals surface area contributed by atoms with Crippen LogP contribution in [0, 0.1) is 0 Å². The molecule has 2 aromatic rings. The monoisotopic (exact) mass is 391 g/mol. The molecule has 9 nitrogen and oxygen atoms in total. The van der Waals surface area contributed by atoms with Crippen molar-refractivity contribution in [3.63, 3.8) is 0 Å². The summed E-state index contributed by atoms with van der Waals surface area (Å²) in [6.45, 7) is -0.273. The summed E-state index contributed by atoms with van der Waals surface area (Å²) in [7, 11) is 3.46. The van der Waals surface area contributed by atoms with Crippen LogP contribution < -0.4 is 16.4 Å². The van der Waals surface area contributed by atoms with E-state index >= 15 is 0 Å². The number of esters is 1. The van der Waals surface area contributed by atoms with Crippen molar-refractivity contribution in [1.82, 2.24) is 19.9 Å². The highest BCUT2D eigenvalue weighted by Gasteiger charge is 2.21. The topological polar surface area (TPSA) is 133 Å². The molecule has 4 N–H and O–H groups in total. The minimum atomic E-state index is -0.865. The Hall–Kier alpha value is -2.10. The van der Waals surface area contributed by atoms with E-state index in [0.717, 1.165) is 0 Å². The van der Waals surface area contributed by atoms with Gasteiger partial charge in [-0.05, 0) is 0 Å². The molecule has 0 radical (unpaired) electrons. The molecule has 0 aliphatic heterocycles. The molecule has 0 fully saturated rings. The van der Waals surface area contributed by atoms with Gasteiger partial charge in [0.1, 0.15) is 5.02 Å². The van der Waals surface area contributed by atoms with E-state index < -0.39 is 5.97 Å². The number of nitrogen functional groups attached to an aromatic ring is 2. The fraction of sp³-hybridized carbons (Fsp3) is 0.250. The Morgan fingerprint density at radius 2 is 1.75 bits per heavy atom. The normalized spacial score (nSPS) is 10.5. The van der Waals surface area contributed by atoms with Crippen molar-refractivity contribution < 1.29 is 9.53 Å². The fourth-order valence-corrected chi connectivity index (χ4v) is 2.14. The molecule has 0 atom stereocenters. The minimum absolute atomic E-state index is 0.00492. The summed E-state index contributed by atoms with van der Waals surface area (Å²) in [5, 5.41) is -0.359. The van der Waals surface area contributed by atoms with Gasteiger partial charge in [0.05, 0.1) is 10.7 Å². The number of hydrogen-bond donors (Lipinski definition) is 2. The second kappa shape index (κ2) is 7.20. The van der Waals surface area contributed by atoms with E-state index in [9.17, 15) is 4.79 Å². The van der Waals surface area contributed by atoms with Gasteiger partial charge in [-0.2, -0.15) is 15.0 Å². The first-order valence-electron chi connectivity index (χ1n) is 6.35. The average molecular weight is 393 g/mol. The van der Waals surface area contributed by atoms with Gasteiger partial charge < -0.3 is 21.1 Å². The second-order valence-electron chi connectivity index (χ2n) is 4.67. The molecule has 0 saturated heterocycles.